The van der Waals surface area contributed by atoms with Crippen molar-refractivity contribution in [3.8, 4) is 5.75 Å². The summed E-state index contributed by atoms with van der Waals surface area (Å²) in [5.41, 5.74) is 6.78. The van der Waals surface area contributed by atoms with E-state index in [1.807, 2.05) is 6.07 Å². The molecule has 0 atom stereocenters. The topological polar surface area (TPSA) is 35.2 Å². The van der Waals surface area contributed by atoms with Crippen LogP contribution in [0.25, 0.3) is 0 Å². The molecule has 19 heavy (non-hydrogen) atoms. The van der Waals surface area contributed by atoms with E-state index < -0.39 is 0 Å². The Labute approximate surface area is 124 Å². The van der Waals surface area contributed by atoms with Crippen LogP contribution in [0.2, 0.25) is 5.02 Å². The van der Waals surface area contributed by atoms with Gasteiger partial charge in [-0.2, -0.15) is 0 Å². The van der Waals surface area contributed by atoms with Gasteiger partial charge in [0.2, 0.25) is 0 Å². The minimum Gasteiger partial charge on any atom is -0.487 e. The Balaban J connectivity index is 2.10. The number of halogens is 3. The lowest BCUT2D eigenvalue weighted by atomic mass is 10.1. The number of benzene rings is 2. The third-order valence-electron chi connectivity index (χ3n) is 2.62. The first-order valence-electron chi connectivity index (χ1n) is 5.65. The number of hydrogen-bond acceptors (Lipinski definition) is 2. The van der Waals surface area contributed by atoms with Crippen LogP contribution in [-0.2, 0) is 13.2 Å². The van der Waals surface area contributed by atoms with Gasteiger partial charge in [0.15, 0.2) is 0 Å². The van der Waals surface area contributed by atoms with Crippen LogP contribution < -0.4 is 10.5 Å². The number of nitrogens with two attached hydrogens (primary N) is 1. The molecule has 0 aliphatic rings. The maximum Gasteiger partial charge on any atom is 0.138 e. The molecule has 0 aliphatic heterocycles. The Morgan fingerprint density at radius 2 is 2.00 bits per heavy atom. The Kier molecular flexibility index (Phi) is 4.80. The van der Waals surface area contributed by atoms with E-state index in [2.05, 4.69) is 15.9 Å². The van der Waals surface area contributed by atoms with Gasteiger partial charge in [0.05, 0.1) is 5.02 Å². The highest BCUT2D eigenvalue weighted by Crippen LogP contribution is 2.28. The second-order valence-electron chi connectivity index (χ2n) is 3.99. The molecule has 2 aromatic rings. The average molecular weight is 345 g/mol. The van der Waals surface area contributed by atoms with Crippen LogP contribution in [0, 0.1) is 5.82 Å². The van der Waals surface area contributed by atoms with Crippen molar-refractivity contribution in [2.24, 2.45) is 5.73 Å². The van der Waals surface area contributed by atoms with E-state index in [0.29, 0.717) is 22.9 Å². The zero-order valence-electron chi connectivity index (χ0n) is 10.00. The zero-order valence-corrected chi connectivity index (χ0v) is 12.3. The molecule has 2 N–H and O–H groups in total. The molecule has 2 rings (SSSR count). The van der Waals surface area contributed by atoms with E-state index in [0.717, 1.165) is 10.0 Å². The van der Waals surface area contributed by atoms with Gasteiger partial charge in [-0.05, 0) is 35.9 Å². The first kappa shape index (κ1) is 14.3. The molecule has 0 radical (unpaired) electrons. The Bertz CT molecular complexity index is 592. The third-order valence-corrected chi connectivity index (χ3v) is 3.41. The van der Waals surface area contributed by atoms with Crippen molar-refractivity contribution in [3.63, 3.8) is 0 Å². The van der Waals surface area contributed by atoms with Gasteiger partial charge in [0.25, 0.3) is 0 Å². The van der Waals surface area contributed by atoms with Crippen LogP contribution in [0.15, 0.2) is 40.9 Å². The van der Waals surface area contributed by atoms with Gasteiger partial charge >= 0.3 is 0 Å². The number of hydrogen-bond donors (Lipinski definition) is 1. The summed E-state index contributed by atoms with van der Waals surface area (Å²) < 4.78 is 19.8. The van der Waals surface area contributed by atoms with Crippen LogP contribution in [0.4, 0.5) is 4.39 Å². The fourth-order valence-corrected chi connectivity index (χ4v) is 2.36. The van der Waals surface area contributed by atoms with Crippen molar-refractivity contribution in [1.82, 2.24) is 0 Å². The maximum atomic E-state index is 13.3. The van der Waals surface area contributed by atoms with E-state index in [9.17, 15) is 4.39 Å². The van der Waals surface area contributed by atoms with Crippen molar-refractivity contribution >= 4 is 27.5 Å². The van der Waals surface area contributed by atoms with E-state index in [4.69, 9.17) is 22.1 Å². The molecule has 0 bridgehead atoms. The van der Waals surface area contributed by atoms with Crippen LogP contribution >= 0.6 is 27.5 Å². The van der Waals surface area contributed by atoms with Crippen molar-refractivity contribution in [2.45, 2.75) is 13.2 Å². The molecule has 0 heterocycles. The van der Waals surface area contributed by atoms with Crippen molar-refractivity contribution in [1.29, 1.82) is 0 Å². The molecule has 0 aromatic heterocycles. The molecule has 100 valence electrons. The Morgan fingerprint density at radius 3 is 2.68 bits per heavy atom. The predicted molar refractivity (Wildman–Crippen MR) is 77.8 cm³/mol. The molecule has 0 amide bonds. The normalized spacial score (nSPS) is 10.5. The Morgan fingerprint density at radius 1 is 1.21 bits per heavy atom. The van der Waals surface area contributed by atoms with Gasteiger partial charge in [-0.15, -0.1) is 0 Å². The molecule has 0 spiro atoms. The quantitative estimate of drug-likeness (QED) is 0.898. The van der Waals surface area contributed by atoms with Gasteiger partial charge in [0.1, 0.15) is 18.2 Å². The highest BCUT2D eigenvalue weighted by atomic mass is 79.9. The fourth-order valence-electron chi connectivity index (χ4n) is 1.63. The molecule has 2 nitrogen and oxygen atoms in total. The summed E-state index contributed by atoms with van der Waals surface area (Å²) in [5, 5.41) is 0.524. The lowest BCUT2D eigenvalue weighted by molar-refractivity contribution is 0.306. The van der Waals surface area contributed by atoms with Crippen LogP contribution in [0.3, 0.4) is 0 Å². The third kappa shape index (κ3) is 3.69. The average Bonchev–Trinajstić information content (AvgIpc) is 2.39. The highest BCUT2D eigenvalue weighted by Gasteiger charge is 2.05. The van der Waals surface area contributed by atoms with E-state index in [1.54, 1.807) is 24.3 Å². The molecular formula is C14H12BrClFNO. The van der Waals surface area contributed by atoms with E-state index in [-0.39, 0.29) is 12.4 Å². The maximum absolute atomic E-state index is 13.3. The summed E-state index contributed by atoms with van der Waals surface area (Å²) in [7, 11) is 0. The van der Waals surface area contributed by atoms with Gasteiger partial charge in [-0.25, -0.2) is 4.39 Å². The summed E-state index contributed by atoms with van der Waals surface area (Å²) >= 11 is 9.37. The summed E-state index contributed by atoms with van der Waals surface area (Å²) in [6, 6.07) is 10.1. The fraction of sp³-hybridized carbons (Fsp3) is 0.143. The minimum absolute atomic E-state index is 0.165. The number of ether oxygens (including phenoxy) is 1. The molecule has 0 saturated heterocycles. The minimum atomic E-state index is -0.298. The van der Waals surface area contributed by atoms with E-state index in [1.165, 1.54) is 6.07 Å². The smallest absolute Gasteiger partial charge is 0.138 e. The van der Waals surface area contributed by atoms with Crippen LogP contribution in [0.5, 0.6) is 5.75 Å². The first-order chi connectivity index (χ1) is 9.10. The van der Waals surface area contributed by atoms with Gasteiger partial charge in [-0.3, -0.25) is 0 Å². The largest absolute Gasteiger partial charge is 0.487 e. The molecule has 0 aliphatic carbocycles. The molecule has 0 saturated carbocycles. The summed E-state index contributed by atoms with van der Waals surface area (Å²) in [6.45, 7) is 0.480. The lowest BCUT2D eigenvalue weighted by Gasteiger charge is -2.09. The molecular weight excluding hydrogens is 333 g/mol. The summed E-state index contributed by atoms with van der Waals surface area (Å²) in [4.78, 5) is 0. The lowest BCUT2D eigenvalue weighted by Crippen LogP contribution is -2.03. The molecule has 0 unspecified atom stereocenters. The predicted octanol–water partition coefficient (Wildman–Crippen LogP) is 4.28. The van der Waals surface area contributed by atoms with Crippen molar-refractivity contribution < 1.29 is 9.13 Å². The summed E-state index contributed by atoms with van der Waals surface area (Å²) in [6.07, 6.45) is 0. The van der Waals surface area contributed by atoms with Gasteiger partial charge in [-0.1, -0.05) is 33.6 Å². The SMILES string of the molecule is NCc1cc(COc2ccc(Br)cc2Cl)ccc1F. The molecule has 2 aromatic carbocycles. The standard InChI is InChI=1S/C14H12BrClFNO/c15-11-2-4-14(12(16)6-11)19-8-9-1-3-13(17)10(5-9)7-18/h1-6H,7-8,18H2. The Hall–Kier alpha value is -1.10. The van der Waals surface area contributed by atoms with Crippen molar-refractivity contribution in [2.75, 3.05) is 0 Å². The number of rotatable bonds is 4. The van der Waals surface area contributed by atoms with Crippen LogP contribution in [-0.4, -0.2) is 0 Å². The second-order valence-corrected chi connectivity index (χ2v) is 5.32. The van der Waals surface area contributed by atoms with E-state index >= 15 is 0 Å². The molecule has 5 heteroatoms. The van der Waals surface area contributed by atoms with Gasteiger partial charge < -0.3 is 10.5 Å². The first-order valence-corrected chi connectivity index (χ1v) is 6.82. The highest BCUT2D eigenvalue weighted by molar-refractivity contribution is 9.10. The summed E-state index contributed by atoms with van der Waals surface area (Å²) in [5.74, 6) is 0.288. The monoisotopic (exact) mass is 343 g/mol. The zero-order chi connectivity index (χ0) is 13.8. The second kappa shape index (κ2) is 6.37. The van der Waals surface area contributed by atoms with Crippen molar-refractivity contribution in [3.05, 3.63) is 62.8 Å². The molecule has 0 fully saturated rings. The van der Waals surface area contributed by atoms with Gasteiger partial charge in [0, 0.05) is 16.6 Å². The van der Waals surface area contributed by atoms with Crippen LogP contribution in [0.1, 0.15) is 11.1 Å².